The van der Waals surface area contributed by atoms with Gasteiger partial charge in [0.15, 0.2) is 0 Å². The zero-order valence-electron chi connectivity index (χ0n) is 13.7. The number of hydrogen-bond acceptors (Lipinski definition) is 6. The van der Waals surface area contributed by atoms with Crippen LogP contribution in [0.1, 0.15) is 51.9 Å². The van der Waals surface area contributed by atoms with E-state index in [1.165, 1.54) is 17.7 Å². The number of hydrogen-bond donors (Lipinski definition) is 1. The molecule has 1 aliphatic heterocycles. The number of likely N-dealkylation sites (tertiary alicyclic amines) is 1. The first-order valence-corrected chi connectivity index (χ1v) is 8.47. The second kappa shape index (κ2) is 8.29. The number of esters is 1. The fourth-order valence-corrected chi connectivity index (χ4v) is 3.49. The summed E-state index contributed by atoms with van der Waals surface area (Å²) in [5.41, 5.74) is 6.05. The van der Waals surface area contributed by atoms with Crippen LogP contribution in [-0.4, -0.2) is 48.2 Å². The highest BCUT2D eigenvalue weighted by atomic mass is 16.7. The average molecular weight is 326 g/mol. The number of ether oxygens (including phenoxy) is 2. The Morgan fingerprint density at radius 1 is 1.17 bits per heavy atom. The predicted octanol–water partition coefficient (Wildman–Crippen LogP) is 1.58. The van der Waals surface area contributed by atoms with Gasteiger partial charge in [-0.25, -0.2) is 9.59 Å². The molecule has 1 heterocycles. The molecule has 0 unspecified atom stereocenters. The number of nitrogens with two attached hydrogens (primary N) is 1. The molecule has 0 radical (unpaired) electrons. The Bertz CT molecular complexity index is 448. The van der Waals surface area contributed by atoms with Crippen LogP contribution in [0.25, 0.3) is 0 Å². The molecule has 1 amide bonds. The largest absolute Gasteiger partial charge is 0.516 e. The molecule has 2 rings (SSSR count). The lowest BCUT2D eigenvalue weighted by Crippen LogP contribution is -2.49. The van der Waals surface area contributed by atoms with Gasteiger partial charge in [0.25, 0.3) is 0 Å². The highest BCUT2D eigenvalue weighted by Gasteiger charge is 2.38. The van der Waals surface area contributed by atoms with E-state index in [4.69, 9.17) is 5.73 Å². The molecule has 1 saturated heterocycles. The minimum atomic E-state index is -1.02. The number of rotatable bonds is 5. The summed E-state index contributed by atoms with van der Waals surface area (Å²) < 4.78 is 9.23. The summed E-state index contributed by atoms with van der Waals surface area (Å²) in [6.45, 7) is 2.23. The van der Waals surface area contributed by atoms with E-state index < -0.39 is 24.2 Å². The van der Waals surface area contributed by atoms with Crippen LogP contribution in [0.5, 0.6) is 0 Å². The van der Waals surface area contributed by atoms with Gasteiger partial charge in [-0.2, -0.15) is 0 Å². The van der Waals surface area contributed by atoms with Gasteiger partial charge < -0.3 is 20.1 Å². The lowest BCUT2D eigenvalue weighted by Gasteiger charge is -2.26. The minimum Gasteiger partial charge on any atom is -0.434 e. The summed E-state index contributed by atoms with van der Waals surface area (Å²) in [6, 6.07) is -1.32. The van der Waals surface area contributed by atoms with Crippen molar-refractivity contribution < 1.29 is 23.9 Å². The smallest absolute Gasteiger partial charge is 0.434 e. The average Bonchev–Trinajstić information content (AvgIpc) is 3.17. The topological polar surface area (TPSA) is 98.9 Å². The molecule has 2 atom stereocenters. The van der Waals surface area contributed by atoms with Crippen LogP contribution in [0.3, 0.4) is 0 Å². The van der Waals surface area contributed by atoms with Gasteiger partial charge in [-0.15, -0.1) is 0 Å². The van der Waals surface area contributed by atoms with Crippen molar-refractivity contribution in [2.24, 2.45) is 11.7 Å². The number of carbonyl (C=O) groups is 3. The van der Waals surface area contributed by atoms with E-state index in [2.05, 4.69) is 9.47 Å². The molecule has 7 nitrogen and oxygen atoms in total. The molecule has 2 N–H and O–H groups in total. The van der Waals surface area contributed by atoms with Gasteiger partial charge in [0.05, 0.1) is 12.6 Å². The number of nitrogens with zero attached hydrogens (tertiary/aromatic N) is 1. The van der Waals surface area contributed by atoms with Crippen LogP contribution in [0.2, 0.25) is 0 Å². The Morgan fingerprint density at radius 3 is 2.52 bits per heavy atom. The molecule has 2 fully saturated rings. The Balaban J connectivity index is 1.90. The molecule has 23 heavy (non-hydrogen) atoms. The zero-order valence-corrected chi connectivity index (χ0v) is 13.7. The molecule has 130 valence electrons. The Labute approximate surface area is 136 Å². The first kappa shape index (κ1) is 17.7. The van der Waals surface area contributed by atoms with Gasteiger partial charge in [0.1, 0.15) is 6.04 Å². The predicted molar refractivity (Wildman–Crippen MR) is 82.4 cm³/mol. The maximum Gasteiger partial charge on any atom is 0.516 e. The van der Waals surface area contributed by atoms with Crippen molar-refractivity contribution in [3.8, 4) is 0 Å². The van der Waals surface area contributed by atoms with Crippen molar-refractivity contribution in [2.45, 2.75) is 64.0 Å². The van der Waals surface area contributed by atoms with Crippen molar-refractivity contribution in [2.75, 3.05) is 13.2 Å². The fourth-order valence-electron chi connectivity index (χ4n) is 3.49. The van der Waals surface area contributed by atoms with Crippen molar-refractivity contribution >= 4 is 18.0 Å². The summed E-state index contributed by atoms with van der Waals surface area (Å²) in [4.78, 5) is 37.3. The lowest BCUT2D eigenvalue weighted by atomic mass is 9.98. The Kier molecular flexibility index (Phi) is 6.38. The van der Waals surface area contributed by atoms with Crippen LogP contribution in [0.4, 0.5) is 4.79 Å². The molecule has 0 aromatic rings. The van der Waals surface area contributed by atoms with E-state index in [1.54, 1.807) is 6.92 Å². The summed E-state index contributed by atoms with van der Waals surface area (Å²) in [5, 5.41) is 0. The van der Waals surface area contributed by atoms with Gasteiger partial charge in [-0.3, -0.25) is 4.79 Å². The standard InChI is InChI=1S/C16H26N2O5/c1-2-22-16(21)23-15(20)13-8-5-9-18(13)14(19)12(17)10-11-6-3-4-7-11/h11-13H,2-10,17H2,1H3/t12-,13+/m1/s1. The maximum absolute atomic E-state index is 12.5. The number of amides is 1. The second-order valence-corrected chi connectivity index (χ2v) is 6.29. The molecular weight excluding hydrogens is 300 g/mol. The van der Waals surface area contributed by atoms with Crippen LogP contribution in [0, 0.1) is 5.92 Å². The highest BCUT2D eigenvalue weighted by molar-refractivity contribution is 5.91. The Morgan fingerprint density at radius 2 is 1.87 bits per heavy atom. The summed E-state index contributed by atoms with van der Waals surface area (Å²) >= 11 is 0. The zero-order chi connectivity index (χ0) is 16.8. The third-order valence-electron chi connectivity index (χ3n) is 4.63. The summed E-state index contributed by atoms with van der Waals surface area (Å²) in [6.07, 6.45) is 5.46. The van der Waals surface area contributed by atoms with Gasteiger partial charge in [0.2, 0.25) is 5.91 Å². The van der Waals surface area contributed by atoms with Crippen LogP contribution < -0.4 is 5.73 Å². The molecule has 1 saturated carbocycles. The van der Waals surface area contributed by atoms with E-state index in [0.29, 0.717) is 31.7 Å². The third kappa shape index (κ3) is 4.67. The first-order chi connectivity index (χ1) is 11.0. The van der Waals surface area contributed by atoms with Gasteiger partial charge >= 0.3 is 12.1 Å². The minimum absolute atomic E-state index is 0.131. The molecule has 0 spiro atoms. The summed E-state index contributed by atoms with van der Waals surface area (Å²) in [5.74, 6) is -0.455. The third-order valence-corrected chi connectivity index (χ3v) is 4.63. The van der Waals surface area contributed by atoms with E-state index >= 15 is 0 Å². The normalized spacial score (nSPS) is 22.9. The monoisotopic (exact) mass is 326 g/mol. The van der Waals surface area contributed by atoms with Crippen molar-refractivity contribution in [1.82, 2.24) is 4.90 Å². The van der Waals surface area contributed by atoms with E-state index in [9.17, 15) is 14.4 Å². The quantitative estimate of drug-likeness (QED) is 0.608. The highest BCUT2D eigenvalue weighted by Crippen LogP contribution is 2.29. The molecular formula is C16H26N2O5. The van der Waals surface area contributed by atoms with Crippen molar-refractivity contribution in [3.63, 3.8) is 0 Å². The Hall–Kier alpha value is -1.63. The van der Waals surface area contributed by atoms with E-state index in [1.807, 2.05) is 0 Å². The van der Waals surface area contributed by atoms with Crippen molar-refractivity contribution in [1.29, 1.82) is 0 Å². The fraction of sp³-hybridized carbons (Fsp3) is 0.812. The van der Waals surface area contributed by atoms with Gasteiger partial charge in [0, 0.05) is 6.54 Å². The van der Waals surface area contributed by atoms with Crippen LogP contribution in [0.15, 0.2) is 0 Å². The van der Waals surface area contributed by atoms with Crippen molar-refractivity contribution in [3.05, 3.63) is 0 Å². The number of carbonyl (C=O) groups excluding carboxylic acids is 3. The first-order valence-electron chi connectivity index (χ1n) is 8.47. The molecule has 0 aromatic carbocycles. The lowest BCUT2D eigenvalue weighted by molar-refractivity contribution is -0.150. The molecule has 7 heteroatoms. The maximum atomic E-state index is 12.5. The van der Waals surface area contributed by atoms with E-state index in [-0.39, 0.29) is 12.5 Å². The SMILES string of the molecule is CCOC(=O)OC(=O)[C@@H]1CCCN1C(=O)[C@H](N)CC1CCCC1. The van der Waals surface area contributed by atoms with E-state index in [0.717, 1.165) is 12.8 Å². The summed E-state index contributed by atoms with van der Waals surface area (Å²) in [7, 11) is 0. The second-order valence-electron chi connectivity index (χ2n) is 6.29. The molecule has 0 aromatic heterocycles. The van der Waals surface area contributed by atoms with Gasteiger partial charge in [-0.1, -0.05) is 25.7 Å². The van der Waals surface area contributed by atoms with Crippen LogP contribution >= 0.6 is 0 Å². The molecule has 1 aliphatic carbocycles. The molecule has 2 aliphatic rings. The molecule has 0 bridgehead atoms. The van der Waals surface area contributed by atoms with Gasteiger partial charge in [-0.05, 0) is 32.1 Å². The van der Waals surface area contributed by atoms with Crippen LogP contribution in [-0.2, 0) is 19.1 Å².